The largest absolute Gasteiger partial charge is 0.491 e. The smallest absolute Gasteiger partial charge is 0.127 e. The van der Waals surface area contributed by atoms with Gasteiger partial charge in [-0.05, 0) is 48.5 Å². The molecular formula is C26H34O5S6. The lowest BCUT2D eigenvalue weighted by atomic mass is 10.3. The topological polar surface area (TPSA) is 68.2 Å². The Morgan fingerprint density at radius 1 is 0.622 bits per heavy atom. The Bertz CT molecular complexity index is 818. The molecule has 2 saturated heterocycles. The Balaban J connectivity index is 1.09. The van der Waals surface area contributed by atoms with Crippen molar-refractivity contribution in [2.24, 2.45) is 0 Å². The summed E-state index contributed by atoms with van der Waals surface area (Å²) in [5.74, 6) is 11.3. The van der Waals surface area contributed by atoms with Gasteiger partial charge in [0.2, 0.25) is 0 Å². The summed E-state index contributed by atoms with van der Waals surface area (Å²) in [5.41, 5.74) is 0. The average Bonchev–Trinajstić information content (AvgIpc) is 3.63. The van der Waals surface area contributed by atoms with Crippen LogP contribution in [0.25, 0.3) is 0 Å². The molecule has 0 bridgehead atoms. The minimum atomic E-state index is -0.479. The number of thioether (sulfide) groups is 6. The quantitative estimate of drug-likeness (QED) is 0.232. The number of ether oxygens (including phenoxy) is 3. The van der Waals surface area contributed by atoms with Gasteiger partial charge in [-0.1, -0.05) is 0 Å². The Hall–Kier alpha value is -0.140. The zero-order valence-electron chi connectivity index (χ0n) is 20.6. The average molecular weight is 619 g/mol. The molecule has 2 aromatic carbocycles. The van der Waals surface area contributed by atoms with E-state index in [9.17, 15) is 10.2 Å². The second-order valence-electron chi connectivity index (χ2n) is 8.39. The van der Waals surface area contributed by atoms with Crippen molar-refractivity contribution in [2.45, 2.75) is 21.4 Å². The highest BCUT2D eigenvalue weighted by atomic mass is 32.2. The zero-order chi connectivity index (χ0) is 25.7. The van der Waals surface area contributed by atoms with E-state index in [1.807, 2.05) is 95.6 Å². The molecule has 2 fully saturated rings. The molecule has 2 aliphatic heterocycles. The van der Waals surface area contributed by atoms with Crippen LogP contribution in [-0.4, -0.2) is 90.8 Å². The second kappa shape index (κ2) is 16.8. The third-order valence-electron chi connectivity index (χ3n) is 5.28. The van der Waals surface area contributed by atoms with Crippen molar-refractivity contribution in [2.75, 3.05) is 59.2 Å². The summed E-state index contributed by atoms with van der Waals surface area (Å²) in [6.07, 6.45) is -0.957. The van der Waals surface area contributed by atoms with Crippen LogP contribution in [0.15, 0.2) is 48.5 Å². The van der Waals surface area contributed by atoms with Crippen molar-refractivity contribution in [1.82, 2.24) is 0 Å². The molecule has 37 heavy (non-hydrogen) atoms. The van der Waals surface area contributed by atoms with E-state index in [1.165, 1.54) is 23.0 Å². The highest BCUT2D eigenvalue weighted by Gasteiger charge is 2.18. The van der Waals surface area contributed by atoms with Crippen molar-refractivity contribution < 1.29 is 24.4 Å². The fourth-order valence-electron chi connectivity index (χ4n) is 3.43. The van der Waals surface area contributed by atoms with Gasteiger partial charge in [0, 0.05) is 46.0 Å². The van der Waals surface area contributed by atoms with Gasteiger partial charge < -0.3 is 24.4 Å². The van der Waals surface area contributed by atoms with Crippen LogP contribution < -0.4 is 14.2 Å². The first-order chi connectivity index (χ1) is 18.1. The summed E-state index contributed by atoms with van der Waals surface area (Å²) in [6.45, 7) is 0.567. The van der Waals surface area contributed by atoms with E-state index in [0.29, 0.717) is 43.7 Å². The monoisotopic (exact) mass is 618 g/mol. The van der Waals surface area contributed by atoms with Crippen molar-refractivity contribution in [1.29, 1.82) is 0 Å². The van der Waals surface area contributed by atoms with Crippen LogP contribution in [0.2, 0.25) is 0 Å². The van der Waals surface area contributed by atoms with Crippen LogP contribution in [0.4, 0.5) is 0 Å². The van der Waals surface area contributed by atoms with Gasteiger partial charge in [0.05, 0.1) is 21.4 Å². The summed E-state index contributed by atoms with van der Waals surface area (Å²) < 4.78 is 18.7. The zero-order valence-corrected chi connectivity index (χ0v) is 25.5. The molecule has 0 saturated carbocycles. The van der Waals surface area contributed by atoms with Crippen LogP contribution >= 0.6 is 70.6 Å². The van der Waals surface area contributed by atoms with Gasteiger partial charge in [-0.2, -0.15) is 23.5 Å². The normalized spacial score (nSPS) is 18.1. The van der Waals surface area contributed by atoms with Gasteiger partial charge in [-0.25, -0.2) is 0 Å². The molecule has 0 aliphatic carbocycles. The van der Waals surface area contributed by atoms with Crippen LogP contribution in [0.3, 0.4) is 0 Å². The summed E-state index contributed by atoms with van der Waals surface area (Å²) >= 11 is 11.7. The van der Waals surface area contributed by atoms with Gasteiger partial charge in [0.25, 0.3) is 0 Å². The summed E-state index contributed by atoms with van der Waals surface area (Å²) in [5, 5.41) is 20.4. The molecule has 2 heterocycles. The van der Waals surface area contributed by atoms with Crippen molar-refractivity contribution in [3.8, 4) is 23.0 Å². The Kier molecular flexibility index (Phi) is 13.6. The molecule has 2 unspecified atom stereocenters. The number of hydrogen-bond acceptors (Lipinski definition) is 11. The second-order valence-corrected chi connectivity index (χ2v) is 16.4. The van der Waals surface area contributed by atoms with Gasteiger partial charge >= 0.3 is 0 Å². The Morgan fingerprint density at radius 2 is 0.973 bits per heavy atom. The predicted molar refractivity (Wildman–Crippen MR) is 168 cm³/mol. The lowest BCUT2D eigenvalue weighted by Gasteiger charge is -2.14. The van der Waals surface area contributed by atoms with E-state index < -0.39 is 12.2 Å². The molecular weight excluding hydrogens is 585 g/mol. The fourth-order valence-corrected chi connectivity index (χ4v) is 12.0. The first kappa shape index (κ1) is 29.8. The van der Waals surface area contributed by atoms with E-state index in [0.717, 1.165) is 11.5 Å². The minimum Gasteiger partial charge on any atom is -0.491 e. The van der Waals surface area contributed by atoms with Gasteiger partial charge in [-0.15, -0.1) is 47.0 Å². The first-order valence-electron chi connectivity index (χ1n) is 12.3. The van der Waals surface area contributed by atoms with Crippen molar-refractivity contribution in [3.63, 3.8) is 0 Å². The predicted octanol–water partition coefficient (Wildman–Crippen LogP) is 6.04. The lowest BCUT2D eigenvalue weighted by molar-refractivity contribution is 0.126. The molecule has 2 atom stereocenters. The third-order valence-corrected chi connectivity index (χ3v) is 14.6. The fraction of sp³-hybridized carbons (Fsp3) is 0.538. The molecule has 0 aromatic heterocycles. The highest BCUT2D eigenvalue weighted by Crippen LogP contribution is 2.35. The molecule has 5 nitrogen and oxygen atoms in total. The maximum atomic E-state index is 10.2. The standard InChI is InChI=1S/C26H34O5S6/c27-19(15-32-17-25-34-9-10-35-25)13-29-21-1-5-23(6-2-21)31-24-7-3-22(4-8-24)30-14-20(28)16-33-18-26-36-11-12-37-26/h1-8,19-20,25-28H,9-18H2. The molecule has 4 rings (SSSR count). The maximum absolute atomic E-state index is 10.2. The number of aliphatic hydroxyl groups excluding tert-OH is 2. The van der Waals surface area contributed by atoms with Crippen LogP contribution in [-0.2, 0) is 0 Å². The lowest BCUT2D eigenvalue weighted by Crippen LogP contribution is -2.20. The van der Waals surface area contributed by atoms with Gasteiger partial charge in [-0.3, -0.25) is 0 Å². The summed E-state index contributed by atoms with van der Waals surface area (Å²) in [7, 11) is 0. The molecule has 11 heteroatoms. The molecule has 0 amide bonds. The van der Waals surface area contributed by atoms with E-state index in [2.05, 4.69) is 0 Å². The highest BCUT2D eigenvalue weighted by molar-refractivity contribution is 8.21. The number of aliphatic hydroxyl groups is 2. The van der Waals surface area contributed by atoms with Gasteiger partial charge in [0.1, 0.15) is 36.2 Å². The SMILES string of the molecule is OC(COc1ccc(Oc2ccc(OCC(O)CSCC3SCCS3)cc2)cc1)CSCC1SCCS1. The third kappa shape index (κ3) is 11.5. The summed E-state index contributed by atoms with van der Waals surface area (Å²) in [4.78, 5) is 0. The van der Waals surface area contributed by atoms with E-state index >= 15 is 0 Å². The van der Waals surface area contributed by atoms with Crippen LogP contribution in [0, 0.1) is 0 Å². The van der Waals surface area contributed by atoms with E-state index in [1.54, 1.807) is 23.5 Å². The molecule has 204 valence electrons. The van der Waals surface area contributed by atoms with Crippen LogP contribution in [0.1, 0.15) is 0 Å². The number of rotatable bonds is 16. The number of hydrogen-bond donors (Lipinski definition) is 2. The maximum Gasteiger partial charge on any atom is 0.127 e. The molecule has 0 radical (unpaired) electrons. The molecule has 2 N–H and O–H groups in total. The summed E-state index contributed by atoms with van der Waals surface area (Å²) in [6, 6.07) is 14.8. The molecule has 0 spiro atoms. The van der Waals surface area contributed by atoms with E-state index in [4.69, 9.17) is 14.2 Å². The van der Waals surface area contributed by atoms with Crippen LogP contribution in [0.5, 0.6) is 23.0 Å². The molecule has 2 aliphatic rings. The Labute approximate surface area is 245 Å². The minimum absolute atomic E-state index is 0.283. The number of benzene rings is 2. The van der Waals surface area contributed by atoms with Crippen molar-refractivity contribution in [3.05, 3.63) is 48.5 Å². The molecule has 2 aromatic rings. The van der Waals surface area contributed by atoms with Crippen molar-refractivity contribution >= 4 is 70.6 Å². The van der Waals surface area contributed by atoms with Gasteiger partial charge in [0.15, 0.2) is 0 Å². The van der Waals surface area contributed by atoms with E-state index in [-0.39, 0.29) is 13.2 Å². The Morgan fingerprint density at radius 3 is 1.35 bits per heavy atom. The first-order valence-corrected chi connectivity index (χ1v) is 18.8.